The number of rotatable bonds is 2. The minimum absolute atomic E-state index is 0.0686. The van der Waals surface area contributed by atoms with Crippen LogP contribution in [-0.2, 0) is 4.79 Å². The average Bonchev–Trinajstić information content (AvgIpc) is 2.31. The quantitative estimate of drug-likeness (QED) is 0.662. The largest absolute Gasteiger partial charge is 0.378 e. The smallest absolute Gasteiger partial charge is 0.254 e. The topological polar surface area (TPSA) is 53.2 Å². The summed E-state index contributed by atoms with van der Waals surface area (Å²) in [6.45, 7) is 1.31. The second kappa shape index (κ2) is 4.61. The van der Waals surface area contributed by atoms with E-state index in [1.54, 1.807) is 6.20 Å². The Morgan fingerprint density at radius 2 is 2.07 bits per heavy atom. The van der Waals surface area contributed by atoms with E-state index >= 15 is 0 Å². The van der Waals surface area contributed by atoms with Gasteiger partial charge in [-0.15, -0.1) is 0 Å². The van der Waals surface area contributed by atoms with Gasteiger partial charge >= 0.3 is 0 Å². The minimum atomic E-state index is -0.0686. The fourth-order valence-corrected chi connectivity index (χ4v) is 1.37. The van der Waals surface area contributed by atoms with Crippen LogP contribution in [0.25, 0.3) is 0 Å². The summed E-state index contributed by atoms with van der Waals surface area (Å²) in [4.78, 5) is 11.7. The van der Waals surface area contributed by atoms with Crippen LogP contribution in [0.3, 0.4) is 0 Å². The molecule has 1 aromatic carbocycles. The molecule has 0 spiro atoms. The number of nitrogens with one attached hydrogen (secondary N) is 3. The van der Waals surface area contributed by atoms with Crippen LogP contribution >= 0.6 is 0 Å². The molecule has 4 nitrogen and oxygen atoms in total. The Morgan fingerprint density at radius 3 is 2.73 bits per heavy atom. The van der Waals surface area contributed by atoms with Crippen LogP contribution in [0.2, 0.25) is 0 Å². The first-order chi connectivity index (χ1) is 7.36. The summed E-state index contributed by atoms with van der Waals surface area (Å²) in [5.41, 5.74) is 1.53. The number of para-hydroxylation sites is 1. The van der Waals surface area contributed by atoms with Crippen molar-refractivity contribution >= 4 is 11.6 Å². The molecular weight excluding hydrogens is 190 g/mol. The molecule has 0 saturated heterocycles. The van der Waals surface area contributed by atoms with Crippen LogP contribution in [0.15, 0.2) is 42.1 Å². The highest BCUT2D eigenvalue weighted by molar-refractivity contribution is 6.04. The first kappa shape index (κ1) is 9.73. The van der Waals surface area contributed by atoms with Gasteiger partial charge in [-0.2, -0.15) is 0 Å². The molecule has 0 atom stereocenters. The number of carbonyl (C=O) groups excluding carboxylic acids is 1. The predicted molar refractivity (Wildman–Crippen MR) is 59.2 cm³/mol. The second-order valence-electron chi connectivity index (χ2n) is 3.30. The highest BCUT2D eigenvalue weighted by Crippen LogP contribution is 2.07. The summed E-state index contributed by atoms with van der Waals surface area (Å²) >= 11 is 0. The Kier molecular flexibility index (Phi) is 2.99. The molecule has 1 amide bonds. The first-order valence-corrected chi connectivity index (χ1v) is 4.86. The lowest BCUT2D eigenvalue weighted by Crippen LogP contribution is -2.36. The minimum Gasteiger partial charge on any atom is -0.378 e. The van der Waals surface area contributed by atoms with Crippen LogP contribution in [0, 0.1) is 0 Å². The third-order valence-corrected chi connectivity index (χ3v) is 2.14. The van der Waals surface area contributed by atoms with Gasteiger partial charge in [-0.25, -0.2) is 0 Å². The van der Waals surface area contributed by atoms with Crippen LogP contribution in [-0.4, -0.2) is 19.1 Å². The van der Waals surface area contributed by atoms with Crippen LogP contribution in [0.5, 0.6) is 0 Å². The number of hydrogen-bond acceptors (Lipinski definition) is 3. The molecule has 0 aromatic heterocycles. The molecule has 1 heterocycles. The summed E-state index contributed by atoms with van der Waals surface area (Å²) in [6, 6.07) is 9.42. The SMILES string of the molecule is O=C(Nc1ccccc1)C1=CNCNC1. The van der Waals surface area contributed by atoms with E-state index in [4.69, 9.17) is 0 Å². The average molecular weight is 203 g/mol. The first-order valence-electron chi connectivity index (χ1n) is 4.86. The van der Waals surface area contributed by atoms with Gasteiger partial charge < -0.3 is 10.6 Å². The van der Waals surface area contributed by atoms with Crippen molar-refractivity contribution in [2.45, 2.75) is 0 Å². The van der Waals surface area contributed by atoms with E-state index in [-0.39, 0.29) is 5.91 Å². The van der Waals surface area contributed by atoms with Crippen molar-refractivity contribution < 1.29 is 4.79 Å². The Morgan fingerprint density at radius 1 is 1.27 bits per heavy atom. The van der Waals surface area contributed by atoms with Crippen molar-refractivity contribution in [1.29, 1.82) is 0 Å². The second-order valence-corrected chi connectivity index (χ2v) is 3.30. The van der Waals surface area contributed by atoms with Gasteiger partial charge in [0.1, 0.15) is 0 Å². The monoisotopic (exact) mass is 203 g/mol. The van der Waals surface area contributed by atoms with Gasteiger partial charge in [-0.1, -0.05) is 18.2 Å². The van der Waals surface area contributed by atoms with Crippen molar-refractivity contribution in [3.05, 3.63) is 42.1 Å². The molecule has 4 heteroatoms. The fraction of sp³-hybridized carbons (Fsp3) is 0.182. The maximum Gasteiger partial charge on any atom is 0.254 e. The molecule has 1 aliphatic rings. The lowest BCUT2D eigenvalue weighted by Gasteiger charge is -2.15. The van der Waals surface area contributed by atoms with Gasteiger partial charge in [-0.05, 0) is 12.1 Å². The van der Waals surface area contributed by atoms with Gasteiger partial charge in [0.05, 0.1) is 6.67 Å². The third kappa shape index (κ3) is 2.57. The standard InChI is InChI=1S/C11H13N3O/c15-11(9-6-12-8-13-7-9)14-10-4-2-1-3-5-10/h1-6,12-13H,7-8H2,(H,14,15). The molecule has 0 unspecified atom stereocenters. The van der Waals surface area contributed by atoms with Crippen molar-refractivity contribution in [3.8, 4) is 0 Å². The van der Waals surface area contributed by atoms with E-state index in [9.17, 15) is 4.79 Å². The molecule has 0 bridgehead atoms. The Balaban J connectivity index is 2.00. The number of anilines is 1. The predicted octanol–water partition coefficient (Wildman–Crippen LogP) is 0.659. The molecule has 0 aliphatic carbocycles. The Bertz CT molecular complexity index is 373. The fourth-order valence-electron chi connectivity index (χ4n) is 1.37. The Labute approximate surface area is 88.4 Å². The zero-order chi connectivity index (χ0) is 10.5. The van der Waals surface area contributed by atoms with Crippen molar-refractivity contribution in [2.24, 2.45) is 0 Å². The van der Waals surface area contributed by atoms with Crippen LogP contribution in [0.1, 0.15) is 0 Å². The molecule has 0 fully saturated rings. The van der Waals surface area contributed by atoms with E-state index in [0.717, 1.165) is 5.69 Å². The molecule has 3 N–H and O–H groups in total. The lowest BCUT2D eigenvalue weighted by molar-refractivity contribution is -0.113. The summed E-state index contributed by atoms with van der Waals surface area (Å²) in [6.07, 6.45) is 1.74. The molecule has 1 aromatic rings. The molecular formula is C11H13N3O. The van der Waals surface area contributed by atoms with E-state index < -0.39 is 0 Å². The maximum atomic E-state index is 11.7. The number of amides is 1. The van der Waals surface area contributed by atoms with Gasteiger partial charge in [0.25, 0.3) is 5.91 Å². The van der Waals surface area contributed by atoms with Crippen LogP contribution < -0.4 is 16.0 Å². The summed E-state index contributed by atoms with van der Waals surface area (Å²) in [5, 5.41) is 8.85. The van der Waals surface area contributed by atoms with Crippen molar-refractivity contribution in [1.82, 2.24) is 10.6 Å². The lowest BCUT2D eigenvalue weighted by atomic mass is 10.2. The Hall–Kier alpha value is -1.81. The zero-order valence-corrected chi connectivity index (χ0v) is 8.29. The maximum absolute atomic E-state index is 11.7. The van der Waals surface area contributed by atoms with E-state index in [1.165, 1.54) is 0 Å². The molecule has 1 aliphatic heterocycles. The molecule has 78 valence electrons. The van der Waals surface area contributed by atoms with Crippen molar-refractivity contribution in [2.75, 3.05) is 18.5 Å². The molecule has 2 rings (SSSR count). The molecule has 15 heavy (non-hydrogen) atoms. The number of hydrogen-bond donors (Lipinski definition) is 3. The molecule has 0 saturated carbocycles. The highest BCUT2D eigenvalue weighted by atomic mass is 16.1. The zero-order valence-electron chi connectivity index (χ0n) is 8.29. The number of carbonyl (C=O) groups is 1. The van der Waals surface area contributed by atoms with Crippen molar-refractivity contribution in [3.63, 3.8) is 0 Å². The van der Waals surface area contributed by atoms with Crippen LogP contribution in [0.4, 0.5) is 5.69 Å². The van der Waals surface area contributed by atoms with E-state index in [0.29, 0.717) is 18.8 Å². The summed E-state index contributed by atoms with van der Waals surface area (Å²) in [7, 11) is 0. The van der Waals surface area contributed by atoms with Gasteiger partial charge in [-0.3, -0.25) is 10.1 Å². The summed E-state index contributed by atoms with van der Waals surface area (Å²) in [5.74, 6) is -0.0686. The van der Waals surface area contributed by atoms with E-state index in [2.05, 4.69) is 16.0 Å². The molecule has 0 radical (unpaired) electrons. The third-order valence-electron chi connectivity index (χ3n) is 2.14. The number of benzene rings is 1. The van der Waals surface area contributed by atoms with Gasteiger partial charge in [0.2, 0.25) is 0 Å². The summed E-state index contributed by atoms with van der Waals surface area (Å²) < 4.78 is 0. The van der Waals surface area contributed by atoms with Gasteiger partial charge in [0.15, 0.2) is 0 Å². The highest BCUT2D eigenvalue weighted by Gasteiger charge is 2.11. The normalized spacial score (nSPS) is 15.1. The van der Waals surface area contributed by atoms with E-state index in [1.807, 2.05) is 30.3 Å². The van der Waals surface area contributed by atoms with Gasteiger partial charge in [0, 0.05) is 24.0 Å².